The lowest BCUT2D eigenvalue weighted by molar-refractivity contribution is 0.199. The fraction of sp³-hybridized carbons (Fsp3) is 0.391. The third kappa shape index (κ3) is 3.37. The normalized spacial score (nSPS) is 17.2. The van der Waals surface area contributed by atoms with Gasteiger partial charge in [-0.1, -0.05) is 18.2 Å². The van der Waals surface area contributed by atoms with E-state index in [1.165, 1.54) is 5.69 Å². The molecule has 0 bridgehead atoms. The second kappa shape index (κ2) is 7.46. The summed E-state index contributed by atoms with van der Waals surface area (Å²) in [6.07, 6.45) is 4.04. The number of fused-ring (bicyclic) bond motifs is 2. The van der Waals surface area contributed by atoms with Crippen molar-refractivity contribution in [3.8, 4) is 17.1 Å². The minimum absolute atomic E-state index is 0.487. The Morgan fingerprint density at radius 1 is 1.13 bits per heavy atom. The molecule has 0 amide bonds. The Morgan fingerprint density at radius 2 is 2.00 bits per heavy atom. The van der Waals surface area contributed by atoms with Crippen LogP contribution < -0.4 is 4.74 Å². The maximum atomic E-state index is 5.71. The lowest BCUT2D eigenvalue weighted by atomic mass is 9.93. The summed E-state index contributed by atoms with van der Waals surface area (Å²) >= 11 is 0. The van der Waals surface area contributed by atoms with Crippen LogP contribution in [0.3, 0.4) is 0 Å². The van der Waals surface area contributed by atoms with E-state index in [0.29, 0.717) is 12.5 Å². The van der Waals surface area contributed by atoms with Gasteiger partial charge in [-0.05, 0) is 45.0 Å². The van der Waals surface area contributed by atoms with Crippen LogP contribution in [0.15, 0.2) is 36.5 Å². The number of benzene rings is 1. The summed E-state index contributed by atoms with van der Waals surface area (Å²) in [5.41, 5.74) is 5.17. The number of hydrogen-bond acceptors (Lipinski definition) is 6. The van der Waals surface area contributed by atoms with E-state index < -0.39 is 0 Å². The number of nitrogens with one attached hydrogen (secondary N) is 1. The van der Waals surface area contributed by atoms with Crippen molar-refractivity contribution in [3.05, 3.63) is 53.7 Å². The fourth-order valence-corrected chi connectivity index (χ4v) is 4.74. The lowest BCUT2D eigenvalue weighted by Gasteiger charge is -2.30. The molecule has 0 spiro atoms. The predicted octanol–water partition coefficient (Wildman–Crippen LogP) is 3.30. The second-order valence-electron chi connectivity index (χ2n) is 8.44. The molecule has 1 saturated heterocycles. The smallest absolute Gasteiger partial charge is 0.221 e. The van der Waals surface area contributed by atoms with E-state index in [0.717, 1.165) is 78.6 Å². The molecule has 0 saturated carbocycles. The molecular formula is C23H25N7O. The van der Waals surface area contributed by atoms with E-state index >= 15 is 0 Å². The molecule has 1 N–H and O–H groups in total. The summed E-state index contributed by atoms with van der Waals surface area (Å²) in [5, 5.41) is 13.3. The topological polar surface area (TPSA) is 84.8 Å². The molecule has 6 rings (SSSR count). The standard InChI is InChI=1S/C23H25N7O/c1-15-17-4-2-3-5-19(17)26-22(25-15)14-29-8-6-16(7-9-29)20-12-21(28-27-20)18-13-24-30-10-11-31-23(18)30/h2-5,12-13,16H,6-11,14H2,1H3,(H,27,28). The minimum Gasteiger partial charge on any atom is -0.475 e. The van der Waals surface area contributed by atoms with E-state index in [1.807, 2.05) is 23.0 Å². The molecule has 1 aromatic carbocycles. The second-order valence-corrected chi connectivity index (χ2v) is 8.44. The quantitative estimate of drug-likeness (QED) is 0.551. The van der Waals surface area contributed by atoms with Crippen molar-refractivity contribution >= 4 is 10.9 Å². The van der Waals surface area contributed by atoms with E-state index in [-0.39, 0.29) is 0 Å². The van der Waals surface area contributed by atoms with Crippen molar-refractivity contribution in [2.45, 2.75) is 38.8 Å². The highest BCUT2D eigenvalue weighted by molar-refractivity contribution is 5.80. The first kappa shape index (κ1) is 18.5. The van der Waals surface area contributed by atoms with Crippen molar-refractivity contribution in [2.24, 2.45) is 0 Å². The molecule has 0 unspecified atom stereocenters. The van der Waals surface area contributed by atoms with Crippen molar-refractivity contribution in [2.75, 3.05) is 19.7 Å². The Kier molecular flexibility index (Phi) is 4.45. The maximum absolute atomic E-state index is 5.71. The van der Waals surface area contributed by atoms with Crippen molar-refractivity contribution < 1.29 is 4.74 Å². The van der Waals surface area contributed by atoms with Crippen molar-refractivity contribution in [1.82, 2.24) is 34.8 Å². The largest absolute Gasteiger partial charge is 0.475 e. The molecule has 8 nitrogen and oxygen atoms in total. The molecule has 0 aliphatic carbocycles. The highest BCUT2D eigenvalue weighted by Gasteiger charge is 2.25. The summed E-state index contributed by atoms with van der Waals surface area (Å²) in [7, 11) is 0. The molecular weight excluding hydrogens is 390 g/mol. The third-order valence-corrected chi connectivity index (χ3v) is 6.44. The van der Waals surface area contributed by atoms with Crippen LogP contribution in [0.1, 0.15) is 36.0 Å². The number of aromatic nitrogens is 6. The summed E-state index contributed by atoms with van der Waals surface area (Å²) in [4.78, 5) is 12.0. The SMILES string of the molecule is Cc1nc(CN2CCC(c3cc(-c4cnn5c4OCC5)n[nH]3)CC2)nc2ccccc12. The Hall–Kier alpha value is -3.26. The summed E-state index contributed by atoms with van der Waals surface area (Å²) in [6.45, 7) is 6.42. The van der Waals surface area contributed by atoms with E-state index in [4.69, 9.17) is 14.7 Å². The van der Waals surface area contributed by atoms with Gasteiger partial charge in [0.05, 0.1) is 36.1 Å². The van der Waals surface area contributed by atoms with Gasteiger partial charge in [0.1, 0.15) is 12.4 Å². The van der Waals surface area contributed by atoms with Gasteiger partial charge >= 0.3 is 0 Å². The molecule has 0 atom stereocenters. The monoisotopic (exact) mass is 415 g/mol. The van der Waals surface area contributed by atoms with Gasteiger partial charge < -0.3 is 4.74 Å². The average molecular weight is 416 g/mol. The van der Waals surface area contributed by atoms with Crippen LogP contribution in [-0.4, -0.2) is 54.5 Å². The third-order valence-electron chi connectivity index (χ3n) is 6.44. The van der Waals surface area contributed by atoms with Gasteiger partial charge in [-0.3, -0.25) is 10.00 Å². The summed E-state index contributed by atoms with van der Waals surface area (Å²) in [6, 6.07) is 10.4. The first-order valence-electron chi connectivity index (χ1n) is 10.9. The zero-order chi connectivity index (χ0) is 20.8. The molecule has 158 valence electrons. The van der Waals surface area contributed by atoms with Crippen LogP contribution in [0.5, 0.6) is 5.88 Å². The van der Waals surface area contributed by atoms with E-state index in [2.05, 4.69) is 45.3 Å². The molecule has 3 aromatic heterocycles. The number of aryl methyl sites for hydroxylation is 1. The Labute approximate surface area is 180 Å². The van der Waals surface area contributed by atoms with Crippen LogP contribution in [0, 0.1) is 6.92 Å². The number of ether oxygens (including phenoxy) is 1. The highest BCUT2D eigenvalue weighted by Crippen LogP contribution is 2.34. The molecule has 8 heteroatoms. The van der Waals surface area contributed by atoms with Crippen LogP contribution >= 0.6 is 0 Å². The number of piperidine rings is 1. The zero-order valence-electron chi connectivity index (χ0n) is 17.6. The molecule has 4 aromatic rings. The molecule has 1 fully saturated rings. The average Bonchev–Trinajstić information content (AvgIpc) is 3.52. The van der Waals surface area contributed by atoms with Gasteiger partial charge in [-0.2, -0.15) is 10.2 Å². The highest BCUT2D eigenvalue weighted by atomic mass is 16.5. The molecule has 5 heterocycles. The minimum atomic E-state index is 0.487. The Bertz CT molecular complexity index is 1240. The zero-order valence-corrected chi connectivity index (χ0v) is 17.6. The number of nitrogens with zero attached hydrogens (tertiary/aromatic N) is 6. The molecule has 2 aliphatic heterocycles. The van der Waals surface area contributed by atoms with Gasteiger partial charge in [-0.25, -0.2) is 14.6 Å². The van der Waals surface area contributed by atoms with Gasteiger partial charge in [0.25, 0.3) is 0 Å². The van der Waals surface area contributed by atoms with Gasteiger partial charge in [-0.15, -0.1) is 0 Å². The van der Waals surface area contributed by atoms with Crippen LogP contribution in [0.4, 0.5) is 0 Å². The van der Waals surface area contributed by atoms with Crippen LogP contribution in [0.25, 0.3) is 22.2 Å². The van der Waals surface area contributed by atoms with Gasteiger partial charge in [0.15, 0.2) is 0 Å². The Balaban J connectivity index is 1.12. The number of H-pyrrole nitrogens is 1. The summed E-state index contributed by atoms with van der Waals surface area (Å²) in [5.74, 6) is 2.23. The number of aromatic amines is 1. The van der Waals surface area contributed by atoms with Crippen molar-refractivity contribution in [1.29, 1.82) is 0 Å². The van der Waals surface area contributed by atoms with Crippen LogP contribution in [-0.2, 0) is 13.1 Å². The molecule has 2 aliphatic rings. The fourth-order valence-electron chi connectivity index (χ4n) is 4.74. The van der Waals surface area contributed by atoms with Crippen LogP contribution in [0.2, 0.25) is 0 Å². The first-order valence-corrected chi connectivity index (χ1v) is 10.9. The number of likely N-dealkylation sites (tertiary alicyclic amines) is 1. The van der Waals surface area contributed by atoms with Gasteiger partial charge in [0, 0.05) is 22.7 Å². The number of rotatable bonds is 4. The number of para-hydroxylation sites is 1. The van der Waals surface area contributed by atoms with E-state index in [9.17, 15) is 0 Å². The predicted molar refractivity (Wildman–Crippen MR) is 117 cm³/mol. The van der Waals surface area contributed by atoms with Gasteiger partial charge in [0.2, 0.25) is 5.88 Å². The maximum Gasteiger partial charge on any atom is 0.221 e. The Morgan fingerprint density at radius 3 is 2.90 bits per heavy atom. The van der Waals surface area contributed by atoms with E-state index in [1.54, 1.807) is 0 Å². The molecule has 0 radical (unpaired) electrons. The first-order chi connectivity index (χ1) is 15.2. The lowest BCUT2D eigenvalue weighted by Crippen LogP contribution is -2.33. The van der Waals surface area contributed by atoms with Crippen molar-refractivity contribution in [3.63, 3.8) is 0 Å². The summed E-state index contributed by atoms with van der Waals surface area (Å²) < 4.78 is 7.61. The number of hydrogen-bond donors (Lipinski definition) is 1. The molecule has 31 heavy (non-hydrogen) atoms.